The van der Waals surface area contributed by atoms with Gasteiger partial charge in [-0.15, -0.1) is 6.42 Å². The van der Waals surface area contributed by atoms with Crippen molar-refractivity contribution < 1.29 is 9.53 Å². The zero-order valence-corrected chi connectivity index (χ0v) is 19.9. The Balaban J connectivity index is 1.47. The van der Waals surface area contributed by atoms with Gasteiger partial charge in [-0.1, -0.05) is 5.92 Å². The lowest BCUT2D eigenvalue weighted by Gasteiger charge is -2.35. The molecular weight excluding hydrogens is 454 g/mol. The monoisotopic (exact) mass is 479 g/mol. The van der Waals surface area contributed by atoms with Crippen LogP contribution in [0.3, 0.4) is 0 Å². The van der Waals surface area contributed by atoms with Crippen LogP contribution in [0.1, 0.15) is 28.5 Å². The van der Waals surface area contributed by atoms with Gasteiger partial charge in [-0.3, -0.25) is 4.79 Å². The van der Waals surface area contributed by atoms with Crippen LogP contribution >= 0.6 is 0 Å². The van der Waals surface area contributed by atoms with Gasteiger partial charge in [0.1, 0.15) is 23.3 Å². The van der Waals surface area contributed by atoms with Crippen LogP contribution in [0.5, 0.6) is 0 Å². The molecule has 0 bridgehead atoms. The quantitative estimate of drug-likeness (QED) is 0.372. The normalized spacial score (nSPS) is 16.5. The highest BCUT2D eigenvalue weighted by Gasteiger charge is 2.24. The number of terminal acetylenes is 1. The summed E-state index contributed by atoms with van der Waals surface area (Å²) in [4.78, 5) is 25.5. The molecule has 0 unspecified atom stereocenters. The van der Waals surface area contributed by atoms with Crippen LogP contribution in [0.15, 0.2) is 66.0 Å². The molecule has 1 saturated heterocycles. The van der Waals surface area contributed by atoms with Crippen LogP contribution in [0, 0.1) is 29.1 Å². The predicted octanol–water partition coefficient (Wildman–Crippen LogP) is 2.71. The number of allylic oxidation sites excluding steroid dienone is 3. The third-order valence-corrected chi connectivity index (χ3v) is 5.86. The standard InChI is InChI=1S/C27H25N7O2/c1-3-19-5-7-24(30-16-19)27(35)34-11-9-33(10-12-34)25-8-6-20(17-31-25)23-13-22(36-4-2)18-32-26(23)21(14-28)15-29/h1,5-8,13-14,16-18,28,32H,4,9-12H2,2H3/b26-21+,28-14?. The zero-order valence-electron chi connectivity index (χ0n) is 19.9. The van der Waals surface area contributed by atoms with Crippen molar-refractivity contribution in [2.24, 2.45) is 0 Å². The fourth-order valence-electron chi connectivity index (χ4n) is 3.98. The summed E-state index contributed by atoms with van der Waals surface area (Å²) in [6, 6.07) is 9.27. The number of rotatable bonds is 6. The zero-order chi connectivity index (χ0) is 25.5. The molecule has 2 N–H and O–H groups in total. The molecule has 1 amide bonds. The minimum atomic E-state index is -0.116. The first-order chi connectivity index (χ1) is 17.6. The lowest BCUT2D eigenvalue weighted by Crippen LogP contribution is -2.49. The topological polar surface area (TPSA) is 118 Å². The fraction of sp³-hybridized carbons (Fsp3) is 0.222. The minimum Gasteiger partial charge on any atom is -0.492 e. The summed E-state index contributed by atoms with van der Waals surface area (Å²) in [7, 11) is 0. The van der Waals surface area contributed by atoms with Gasteiger partial charge in [0, 0.05) is 67.7 Å². The number of nitrogens with one attached hydrogen (secondary N) is 2. The summed E-state index contributed by atoms with van der Waals surface area (Å²) in [5, 5.41) is 20.1. The Labute approximate surface area is 209 Å². The first kappa shape index (κ1) is 24.2. The van der Waals surface area contributed by atoms with Crippen LogP contribution in [0.2, 0.25) is 0 Å². The summed E-state index contributed by atoms with van der Waals surface area (Å²) < 4.78 is 5.61. The Hall–Kier alpha value is -4.89. The van der Waals surface area contributed by atoms with Gasteiger partial charge in [-0.25, -0.2) is 9.97 Å². The average molecular weight is 480 g/mol. The maximum atomic E-state index is 12.8. The summed E-state index contributed by atoms with van der Waals surface area (Å²) >= 11 is 0. The summed E-state index contributed by atoms with van der Waals surface area (Å²) in [5.41, 5.74) is 3.27. The van der Waals surface area contributed by atoms with Gasteiger partial charge in [0.2, 0.25) is 0 Å². The minimum absolute atomic E-state index is 0.116. The molecule has 2 aliphatic heterocycles. The third kappa shape index (κ3) is 5.11. The second-order valence-electron chi connectivity index (χ2n) is 7.99. The number of aromatic nitrogens is 2. The molecule has 9 heteroatoms. The second-order valence-corrected chi connectivity index (χ2v) is 7.99. The first-order valence-corrected chi connectivity index (χ1v) is 11.5. The van der Waals surface area contributed by atoms with E-state index in [0.717, 1.165) is 23.2 Å². The lowest BCUT2D eigenvalue weighted by molar-refractivity contribution is 0.0740. The Morgan fingerprint density at radius 1 is 1.22 bits per heavy atom. The van der Waals surface area contributed by atoms with Crippen molar-refractivity contribution in [3.8, 4) is 18.4 Å². The number of nitriles is 1. The Bertz CT molecular complexity index is 1320. The van der Waals surface area contributed by atoms with Crippen LogP contribution in [0.25, 0.3) is 5.57 Å². The number of carbonyl (C=O) groups is 1. The van der Waals surface area contributed by atoms with Crippen molar-refractivity contribution in [1.29, 1.82) is 10.7 Å². The molecule has 0 radical (unpaired) electrons. The molecule has 2 aromatic rings. The van der Waals surface area contributed by atoms with Crippen molar-refractivity contribution >= 4 is 23.5 Å². The van der Waals surface area contributed by atoms with E-state index in [-0.39, 0.29) is 11.5 Å². The van der Waals surface area contributed by atoms with E-state index in [9.17, 15) is 10.1 Å². The predicted molar refractivity (Wildman–Crippen MR) is 137 cm³/mol. The van der Waals surface area contributed by atoms with Gasteiger partial charge in [-0.05, 0) is 37.3 Å². The number of anilines is 1. The number of hydrogen-bond acceptors (Lipinski definition) is 8. The van der Waals surface area contributed by atoms with Crippen LogP contribution < -0.4 is 10.2 Å². The van der Waals surface area contributed by atoms with Gasteiger partial charge in [0.25, 0.3) is 5.91 Å². The smallest absolute Gasteiger partial charge is 0.272 e. The molecule has 2 aromatic heterocycles. The molecule has 0 atom stereocenters. The summed E-state index contributed by atoms with van der Waals surface area (Å²) in [5.74, 6) is 3.81. The van der Waals surface area contributed by atoms with Crippen LogP contribution in [0.4, 0.5) is 5.82 Å². The molecule has 2 aliphatic rings. The maximum Gasteiger partial charge on any atom is 0.272 e. The molecule has 9 nitrogen and oxygen atoms in total. The summed E-state index contributed by atoms with van der Waals surface area (Å²) in [6.07, 6.45) is 13.2. The molecule has 1 fully saturated rings. The molecule has 4 rings (SSSR count). The summed E-state index contributed by atoms with van der Waals surface area (Å²) in [6.45, 7) is 4.78. The highest BCUT2D eigenvalue weighted by molar-refractivity contribution is 5.93. The molecule has 0 aromatic carbocycles. The van der Waals surface area contributed by atoms with E-state index < -0.39 is 0 Å². The second kappa shape index (κ2) is 11.0. The first-order valence-electron chi connectivity index (χ1n) is 11.5. The Morgan fingerprint density at radius 2 is 2.03 bits per heavy atom. The number of carbonyl (C=O) groups excluding carboxylic acids is 1. The highest BCUT2D eigenvalue weighted by Crippen LogP contribution is 2.29. The SMILES string of the molecule is C#Cc1ccc(C(=O)N2CCN(c3ccc(C4=CC(OCC)=CN/C4=C(/C#N)C=N)cn3)CC2)nc1. The van der Waals surface area contributed by atoms with Crippen molar-refractivity contribution in [2.45, 2.75) is 6.92 Å². The Kier molecular flexibility index (Phi) is 7.42. The number of dihydropyridines is 1. The van der Waals surface area contributed by atoms with E-state index in [1.54, 1.807) is 29.4 Å². The van der Waals surface area contributed by atoms with E-state index in [0.29, 0.717) is 55.5 Å². The van der Waals surface area contributed by atoms with Crippen molar-refractivity contribution in [1.82, 2.24) is 20.2 Å². The molecular formula is C27H25N7O2. The number of pyridine rings is 2. The fourth-order valence-corrected chi connectivity index (χ4v) is 3.98. The third-order valence-electron chi connectivity index (χ3n) is 5.86. The number of piperazine rings is 1. The van der Waals surface area contributed by atoms with Gasteiger partial charge in [0.15, 0.2) is 0 Å². The molecule has 0 saturated carbocycles. The number of hydrogen-bond donors (Lipinski definition) is 2. The number of amides is 1. The van der Waals surface area contributed by atoms with Gasteiger partial charge >= 0.3 is 0 Å². The Morgan fingerprint density at radius 3 is 2.61 bits per heavy atom. The maximum absolute atomic E-state index is 12.8. The van der Waals surface area contributed by atoms with Crippen LogP contribution in [-0.2, 0) is 4.74 Å². The molecule has 4 heterocycles. The van der Waals surface area contributed by atoms with Crippen molar-refractivity contribution in [2.75, 3.05) is 37.7 Å². The number of ether oxygens (including phenoxy) is 1. The number of nitrogens with zero attached hydrogens (tertiary/aromatic N) is 5. The van der Waals surface area contributed by atoms with Gasteiger partial charge in [0.05, 0.1) is 17.9 Å². The van der Waals surface area contributed by atoms with Crippen molar-refractivity contribution in [3.63, 3.8) is 0 Å². The van der Waals surface area contributed by atoms with Gasteiger partial charge in [-0.2, -0.15) is 5.26 Å². The molecule has 0 aliphatic carbocycles. The molecule has 180 valence electrons. The van der Waals surface area contributed by atoms with Crippen LogP contribution in [-0.4, -0.2) is 59.8 Å². The van der Waals surface area contributed by atoms with Crippen molar-refractivity contribution in [3.05, 3.63) is 82.8 Å². The highest BCUT2D eigenvalue weighted by atomic mass is 16.5. The largest absolute Gasteiger partial charge is 0.492 e. The lowest BCUT2D eigenvalue weighted by atomic mass is 9.98. The van der Waals surface area contributed by atoms with E-state index in [2.05, 4.69) is 32.2 Å². The molecule has 0 spiro atoms. The van der Waals surface area contributed by atoms with E-state index in [4.69, 9.17) is 16.6 Å². The average Bonchev–Trinajstić information content (AvgIpc) is 2.94. The van der Waals surface area contributed by atoms with E-state index >= 15 is 0 Å². The van der Waals surface area contributed by atoms with E-state index in [1.165, 1.54) is 6.20 Å². The van der Waals surface area contributed by atoms with Gasteiger partial charge < -0.3 is 25.3 Å². The van der Waals surface area contributed by atoms with E-state index in [1.807, 2.05) is 25.1 Å². The molecule has 36 heavy (non-hydrogen) atoms.